The molecule has 0 atom stereocenters. The Hall–Kier alpha value is -2.83. The van der Waals surface area contributed by atoms with E-state index in [1.54, 1.807) is 12.1 Å². The van der Waals surface area contributed by atoms with E-state index in [-0.39, 0.29) is 11.4 Å². The van der Waals surface area contributed by atoms with E-state index in [2.05, 4.69) is 10.2 Å². The number of halogens is 1. The number of rotatable bonds is 5. The number of hydrogen-bond donors (Lipinski definition) is 1. The number of methoxy groups -OCH3 is 3. The van der Waals surface area contributed by atoms with Crippen molar-refractivity contribution < 1.29 is 23.7 Å². The third-order valence-corrected chi connectivity index (χ3v) is 2.85. The number of benzene rings is 2. The first-order chi connectivity index (χ1) is 10.6. The Bertz CT molecular complexity index is 679. The van der Waals surface area contributed by atoms with Gasteiger partial charge in [-0.15, -0.1) is 5.11 Å². The minimum Gasteiger partial charge on any atom is -0.508 e. The fraction of sp³-hybridized carbons (Fsp3) is 0.200. The normalized spacial score (nSPS) is 10.7. The second-order valence-electron chi connectivity index (χ2n) is 4.22. The molecular formula is C15H15FN2O4. The van der Waals surface area contributed by atoms with Gasteiger partial charge in [-0.25, -0.2) is 4.39 Å². The van der Waals surface area contributed by atoms with Crippen molar-refractivity contribution in [3.05, 3.63) is 36.1 Å². The maximum atomic E-state index is 13.6. The standard InChI is InChI=1S/C15H15FN2O4/c1-20-13-6-9(7-14(21-2)15(13)22-3)17-18-12-5-4-10(19)8-11(12)16/h4-8,19H,1-3H3. The molecule has 2 rings (SSSR count). The number of phenolic OH excluding ortho intramolecular Hbond substituents is 1. The van der Waals surface area contributed by atoms with E-state index >= 15 is 0 Å². The Morgan fingerprint density at radius 3 is 2.05 bits per heavy atom. The van der Waals surface area contributed by atoms with Gasteiger partial charge in [0.1, 0.15) is 11.4 Å². The highest BCUT2D eigenvalue weighted by atomic mass is 19.1. The van der Waals surface area contributed by atoms with Crippen molar-refractivity contribution in [3.63, 3.8) is 0 Å². The minimum absolute atomic E-state index is 0.00607. The van der Waals surface area contributed by atoms with Crippen LogP contribution in [0.3, 0.4) is 0 Å². The summed E-state index contributed by atoms with van der Waals surface area (Å²) in [4.78, 5) is 0. The molecule has 0 saturated heterocycles. The SMILES string of the molecule is COc1cc(N=Nc2ccc(O)cc2F)cc(OC)c1OC. The van der Waals surface area contributed by atoms with Crippen LogP contribution in [-0.4, -0.2) is 26.4 Å². The van der Waals surface area contributed by atoms with Crippen LogP contribution in [0.2, 0.25) is 0 Å². The van der Waals surface area contributed by atoms with Crippen LogP contribution < -0.4 is 14.2 Å². The summed E-state index contributed by atoms with van der Waals surface area (Å²) in [6, 6.07) is 6.79. The lowest BCUT2D eigenvalue weighted by molar-refractivity contribution is 0.324. The molecular weight excluding hydrogens is 291 g/mol. The van der Waals surface area contributed by atoms with Crippen LogP contribution >= 0.6 is 0 Å². The quantitative estimate of drug-likeness (QED) is 0.848. The minimum atomic E-state index is -0.670. The molecule has 0 aromatic heterocycles. The summed E-state index contributed by atoms with van der Waals surface area (Å²) in [6.45, 7) is 0. The largest absolute Gasteiger partial charge is 0.508 e. The maximum Gasteiger partial charge on any atom is 0.203 e. The molecule has 0 fully saturated rings. The van der Waals surface area contributed by atoms with Crippen LogP contribution in [0.15, 0.2) is 40.6 Å². The second-order valence-corrected chi connectivity index (χ2v) is 4.22. The molecule has 0 aliphatic carbocycles. The molecule has 0 saturated carbocycles. The van der Waals surface area contributed by atoms with Gasteiger partial charge >= 0.3 is 0 Å². The molecule has 0 heterocycles. The van der Waals surface area contributed by atoms with E-state index in [0.717, 1.165) is 6.07 Å². The predicted molar refractivity (Wildman–Crippen MR) is 78.3 cm³/mol. The summed E-state index contributed by atoms with van der Waals surface area (Å²) >= 11 is 0. The van der Waals surface area contributed by atoms with Gasteiger partial charge in [0.2, 0.25) is 5.75 Å². The van der Waals surface area contributed by atoms with Gasteiger partial charge in [-0.1, -0.05) is 0 Å². The van der Waals surface area contributed by atoms with Gasteiger partial charge in [0, 0.05) is 18.2 Å². The molecule has 0 aliphatic heterocycles. The first-order valence-corrected chi connectivity index (χ1v) is 6.29. The zero-order valence-corrected chi connectivity index (χ0v) is 12.3. The Labute approximate surface area is 126 Å². The van der Waals surface area contributed by atoms with Crippen LogP contribution in [0.5, 0.6) is 23.0 Å². The van der Waals surface area contributed by atoms with Crippen molar-refractivity contribution in [3.8, 4) is 23.0 Å². The van der Waals surface area contributed by atoms with Gasteiger partial charge in [-0.2, -0.15) is 5.11 Å². The molecule has 0 radical (unpaired) electrons. The summed E-state index contributed by atoms with van der Waals surface area (Å²) < 4.78 is 29.2. The van der Waals surface area contributed by atoms with E-state index < -0.39 is 5.82 Å². The Kier molecular flexibility index (Phi) is 4.77. The molecule has 0 aliphatic rings. The Balaban J connectivity index is 2.38. The van der Waals surface area contributed by atoms with Crippen molar-refractivity contribution in [1.29, 1.82) is 0 Å². The first-order valence-electron chi connectivity index (χ1n) is 6.29. The van der Waals surface area contributed by atoms with Crippen LogP contribution in [-0.2, 0) is 0 Å². The Morgan fingerprint density at radius 1 is 0.909 bits per heavy atom. The first kappa shape index (κ1) is 15.6. The smallest absolute Gasteiger partial charge is 0.203 e. The second kappa shape index (κ2) is 6.75. The summed E-state index contributed by atoms with van der Waals surface area (Å²) in [7, 11) is 4.46. The van der Waals surface area contributed by atoms with E-state index in [1.807, 2.05) is 0 Å². The third-order valence-electron chi connectivity index (χ3n) is 2.85. The van der Waals surface area contributed by atoms with Crippen molar-refractivity contribution in [2.45, 2.75) is 0 Å². The third kappa shape index (κ3) is 3.25. The van der Waals surface area contributed by atoms with E-state index in [1.165, 1.54) is 33.5 Å². The summed E-state index contributed by atoms with van der Waals surface area (Å²) in [6.07, 6.45) is 0. The monoisotopic (exact) mass is 306 g/mol. The van der Waals surface area contributed by atoms with Gasteiger partial charge in [-0.05, 0) is 12.1 Å². The molecule has 116 valence electrons. The lowest BCUT2D eigenvalue weighted by atomic mass is 10.2. The number of aromatic hydroxyl groups is 1. The highest BCUT2D eigenvalue weighted by Gasteiger charge is 2.13. The maximum absolute atomic E-state index is 13.6. The molecule has 0 bridgehead atoms. The zero-order valence-electron chi connectivity index (χ0n) is 12.3. The number of nitrogens with zero attached hydrogens (tertiary/aromatic N) is 2. The fourth-order valence-corrected chi connectivity index (χ4v) is 1.81. The van der Waals surface area contributed by atoms with Crippen molar-refractivity contribution in [2.24, 2.45) is 10.2 Å². The highest BCUT2D eigenvalue weighted by molar-refractivity contribution is 5.60. The molecule has 7 heteroatoms. The highest BCUT2D eigenvalue weighted by Crippen LogP contribution is 2.41. The van der Waals surface area contributed by atoms with Crippen LogP contribution in [0.4, 0.5) is 15.8 Å². The van der Waals surface area contributed by atoms with E-state index in [4.69, 9.17) is 19.3 Å². The molecule has 0 unspecified atom stereocenters. The fourth-order valence-electron chi connectivity index (χ4n) is 1.81. The average molecular weight is 306 g/mol. The summed E-state index contributed by atoms with van der Waals surface area (Å²) in [5, 5.41) is 16.9. The van der Waals surface area contributed by atoms with Crippen LogP contribution in [0, 0.1) is 5.82 Å². The van der Waals surface area contributed by atoms with Gasteiger partial charge in [0.25, 0.3) is 0 Å². The summed E-state index contributed by atoms with van der Waals surface area (Å²) in [5.74, 6) is 0.421. The number of azo groups is 1. The van der Waals surface area contributed by atoms with E-state index in [9.17, 15) is 4.39 Å². The molecule has 2 aromatic rings. The molecule has 6 nitrogen and oxygen atoms in total. The number of hydrogen-bond acceptors (Lipinski definition) is 6. The Morgan fingerprint density at radius 2 is 1.55 bits per heavy atom. The molecule has 0 spiro atoms. The number of ether oxygens (including phenoxy) is 3. The average Bonchev–Trinajstić information content (AvgIpc) is 2.52. The van der Waals surface area contributed by atoms with Gasteiger partial charge in [0.05, 0.1) is 27.0 Å². The summed E-state index contributed by atoms with van der Waals surface area (Å²) in [5.41, 5.74) is 0.411. The molecule has 1 N–H and O–H groups in total. The number of phenols is 1. The van der Waals surface area contributed by atoms with E-state index in [0.29, 0.717) is 22.9 Å². The van der Waals surface area contributed by atoms with Gasteiger partial charge in [-0.3, -0.25) is 0 Å². The molecule has 2 aromatic carbocycles. The van der Waals surface area contributed by atoms with Crippen LogP contribution in [0.25, 0.3) is 0 Å². The van der Waals surface area contributed by atoms with Crippen molar-refractivity contribution >= 4 is 11.4 Å². The predicted octanol–water partition coefficient (Wildman–Crippen LogP) is 3.97. The van der Waals surface area contributed by atoms with Crippen molar-refractivity contribution in [2.75, 3.05) is 21.3 Å². The lowest BCUT2D eigenvalue weighted by Crippen LogP contribution is -1.94. The lowest BCUT2D eigenvalue weighted by Gasteiger charge is -2.12. The zero-order chi connectivity index (χ0) is 16.1. The van der Waals surface area contributed by atoms with Gasteiger partial charge in [0.15, 0.2) is 17.3 Å². The topological polar surface area (TPSA) is 72.6 Å². The van der Waals surface area contributed by atoms with Crippen LogP contribution in [0.1, 0.15) is 0 Å². The van der Waals surface area contributed by atoms with Crippen molar-refractivity contribution in [1.82, 2.24) is 0 Å². The molecule has 0 amide bonds. The van der Waals surface area contributed by atoms with Gasteiger partial charge < -0.3 is 19.3 Å². The molecule has 22 heavy (non-hydrogen) atoms.